The van der Waals surface area contributed by atoms with E-state index in [0.717, 1.165) is 29.6 Å². The van der Waals surface area contributed by atoms with Crippen molar-refractivity contribution in [1.29, 1.82) is 0 Å². The molecule has 118 valence electrons. The third-order valence-electron chi connectivity index (χ3n) is 2.98. The fourth-order valence-corrected chi connectivity index (χ4v) is 2.00. The minimum absolute atomic E-state index is 0.592. The molecule has 0 amide bonds. The first-order valence-corrected chi connectivity index (χ1v) is 7.58. The van der Waals surface area contributed by atoms with Gasteiger partial charge in [0.25, 0.3) is 0 Å². The van der Waals surface area contributed by atoms with Crippen LogP contribution in [0.25, 0.3) is 0 Å². The van der Waals surface area contributed by atoms with E-state index < -0.39 is 0 Å². The summed E-state index contributed by atoms with van der Waals surface area (Å²) < 4.78 is 10.8. The van der Waals surface area contributed by atoms with Crippen LogP contribution in [-0.2, 0) is 13.1 Å². The summed E-state index contributed by atoms with van der Waals surface area (Å²) in [4.78, 5) is 4.58. The number of hydrogen-bond donors (Lipinski definition) is 2. The van der Waals surface area contributed by atoms with Gasteiger partial charge in [0.05, 0.1) is 26.0 Å². The highest BCUT2D eigenvalue weighted by atomic mass is 16.5. The van der Waals surface area contributed by atoms with Gasteiger partial charge >= 0.3 is 0 Å². The number of ether oxygens (including phenoxy) is 1. The van der Waals surface area contributed by atoms with E-state index in [1.165, 1.54) is 0 Å². The van der Waals surface area contributed by atoms with Crippen molar-refractivity contribution >= 4 is 5.96 Å². The normalized spacial score (nSPS) is 11.3. The molecule has 0 radical (unpaired) electrons. The van der Waals surface area contributed by atoms with Crippen LogP contribution in [0.4, 0.5) is 0 Å². The Morgan fingerprint density at radius 2 is 2.09 bits per heavy atom. The molecule has 0 saturated carbocycles. The highest BCUT2D eigenvalue weighted by Gasteiger charge is 2.01. The van der Waals surface area contributed by atoms with Crippen LogP contribution >= 0.6 is 0 Å². The Morgan fingerprint density at radius 1 is 1.18 bits per heavy atom. The summed E-state index contributed by atoms with van der Waals surface area (Å²) in [5.74, 6) is 2.52. The van der Waals surface area contributed by atoms with E-state index in [4.69, 9.17) is 9.15 Å². The molecule has 0 spiro atoms. The first kappa shape index (κ1) is 15.9. The minimum Gasteiger partial charge on any atom is -0.494 e. The number of guanidine groups is 1. The summed E-state index contributed by atoms with van der Waals surface area (Å²) in [6, 6.07) is 11.8. The zero-order valence-corrected chi connectivity index (χ0v) is 13.1. The highest BCUT2D eigenvalue weighted by Crippen LogP contribution is 2.13. The van der Waals surface area contributed by atoms with Gasteiger partial charge in [-0.1, -0.05) is 12.1 Å². The second kappa shape index (κ2) is 8.77. The standard InChI is InChI=1S/C17H23N3O2/c1-3-18-17(20-13-16-9-6-10-22-16)19-12-14-7-5-8-15(11-14)21-4-2/h5-11H,3-4,12-13H2,1-2H3,(H2,18,19,20). The summed E-state index contributed by atoms with van der Waals surface area (Å²) >= 11 is 0. The van der Waals surface area contributed by atoms with E-state index in [9.17, 15) is 0 Å². The number of benzene rings is 1. The maximum atomic E-state index is 5.51. The SMILES string of the molecule is CCNC(=NCc1cccc(OCC)c1)NCc1ccco1. The van der Waals surface area contributed by atoms with Gasteiger partial charge in [0, 0.05) is 6.54 Å². The maximum absolute atomic E-state index is 5.51. The Bertz CT molecular complexity index is 579. The molecule has 0 aliphatic heterocycles. The van der Waals surface area contributed by atoms with Gasteiger partial charge < -0.3 is 19.8 Å². The average molecular weight is 301 g/mol. The predicted molar refractivity (Wildman–Crippen MR) is 88.0 cm³/mol. The van der Waals surface area contributed by atoms with Gasteiger partial charge in [0.1, 0.15) is 11.5 Å². The van der Waals surface area contributed by atoms with Gasteiger partial charge in [-0.2, -0.15) is 0 Å². The molecule has 1 aromatic heterocycles. The third-order valence-corrected chi connectivity index (χ3v) is 2.98. The van der Waals surface area contributed by atoms with Crippen molar-refractivity contribution in [2.24, 2.45) is 4.99 Å². The van der Waals surface area contributed by atoms with E-state index in [0.29, 0.717) is 19.7 Å². The molecule has 0 bridgehead atoms. The van der Waals surface area contributed by atoms with Gasteiger partial charge in [-0.25, -0.2) is 4.99 Å². The van der Waals surface area contributed by atoms with E-state index >= 15 is 0 Å². The van der Waals surface area contributed by atoms with Crippen LogP contribution in [0, 0.1) is 0 Å². The first-order chi connectivity index (χ1) is 10.8. The largest absolute Gasteiger partial charge is 0.494 e. The van der Waals surface area contributed by atoms with Crippen molar-refractivity contribution in [2.45, 2.75) is 26.9 Å². The van der Waals surface area contributed by atoms with Crippen molar-refractivity contribution < 1.29 is 9.15 Å². The number of furan rings is 1. The molecule has 2 rings (SSSR count). The van der Waals surface area contributed by atoms with Crippen molar-refractivity contribution in [1.82, 2.24) is 10.6 Å². The van der Waals surface area contributed by atoms with Gasteiger partial charge in [0.15, 0.2) is 5.96 Å². The van der Waals surface area contributed by atoms with Crippen LogP contribution < -0.4 is 15.4 Å². The molecule has 0 atom stereocenters. The quantitative estimate of drug-likeness (QED) is 0.610. The lowest BCUT2D eigenvalue weighted by Crippen LogP contribution is -2.36. The number of nitrogens with one attached hydrogen (secondary N) is 2. The van der Waals surface area contributed by atoms with Crippen LogP contribution in [0.3, 0.4) is 0 Å². The lowest BCUT2D eigenvalue weighted by atomic mass is 10.2. The van der Waals surface area contributed by atoms with Crippen molar-refractivity contribution in [3.05, 3.63) is 54.0 Å². The van der Waals surface area contributed by atoms with Crippen molar-refractivity contribution in [2.75, 3.05) is 13.2 Å². The Morgan fingerprint density at radius 3 is 2.82 bits per heavy atom. The van der Waals surface area contributed by atoms with Crippen LogP contribution in [0.15, 0.2) is 52.1 Å². The topological polar surface area (TPSA) is 58.8 Å². The van der Waals surface area contributed by atoms with E-state index in [-0.39, 0.29) is 0 Å². The molecule has 0 saturated heterocycles. The Hall–Kier alpha value is -2.43. The molecule has 5 nitrogen and oxygen atoms in total. The van der Waals surface area contributed by atoms with Crippen LogP contribution in [0.1, 0.15) is 25.2 Å². The van der Waals surface area contributed by atoms with Gasteiger partial charge in [-0.05, 0) is 43.7 Å². The van der Waals surface area contributed by atoms with Gasteiger partial charge in [0.2, 0.25) is 0 Å². The summed E-state index contributed by atoms with van der Waals surface area (Å²) in [6.45, 7) is 6.70. The summed E-state index contributed by atoms with van der Waals surface area (Å²) in [7, 11) is 0. The minimum atomic E-state index is 0.592. The molecule has 0 aliphatic carbocycles. The van der Waals surface area contributed by atoms with Crippen LogP contribution in [-0.4, -0.2) is 19.1 Å². The molecule has 0 aliphatic rings. The first-order valence-electron chi connectivity index (χ1n) is 7.58. The maximum Gasteiger partial charge on any atom is 0.191 e. The lowest BCUT2D eigenvalue weighted by Gasteiger charge is -2.10. The lowest BCUT2D eigenvalue weighted by molar-refractivity contribution is 0.340. The summed E-state index contributed by atoms with van der Waals surface area (Å²) in [5, 5.41) is 6.47. The number of nitrogens with zero attached hydrogens (tertiary/aromatic N) is 1. The second-order valence-corrected chi connectivity index (χ2v) is 4.71. The predicted octanol–water partition coefficient (Wildman–Crippen LogP) is 2.93. The average Bonchev–Trinajstić information content (AvgIpc) is 3.04. The smallest absolute Gasteiger partial charge is 0.191 e. The van der Waals surface area contributed by atoms with Crippen molar-refractivity contribution in [3.63, 3.8) is 0 Å². The molecule has 1 heterocycles. The van der Waals surface area contributed by atoms with E-state index in [1.807, 2.05) is 50.2 Å². The van der Waals surface area contributed by atoms with Crippen LogP contribution in [0.2, 0.25) is 0 Å². The zero-order valence-electron chi connectivity index (χ0n) is 13.1. The van der Waals surface area contributed by atoms with Crippen LogP contribution in [0.5, 0.6) is 5.75 Å². The van der Waals surface area contributed by atoms with E-state index in [2.05, 4.69) is 15.6 Å². The molecule has 5 heteroatoms. The summed E-state index contributed by atoms with van der Waals surface area (Å²) in [5.41, 5.74) is 1.11. The Labute approximate surface area is 131 Å². The molecule has 2 N–H and O–H groups in total. The fourth-order valence-electron chi connectivity index (χ4n) is 2.00. The molecular formula is C17H23N3O2. The third kappa shape index (κ3) is 5.16. The zero-order chi connectivity index (χ0) is 15.6. The van der Waals surface area contributed by atoms with Crippen molar-refractivity contribution in [3.8, 4) is 5.75 Å². The monoisotopic (exact) mass is 301 g/mol. The Balaban J connectivity index is 1.95. The molecule has 1 aromatic carbocycles. The molecule has 0 unspecified atom stereocenters. The molecule has 22 heavy (non-hydrogen) atoms. The number of hydrogen-bond acceptors (Lipinski definition) is 3. The Kier molecular flexibility index (Phi) is 6.36. The fraction of sp³-hybridized carbons (Fsp3) is 0.353. The number of aliphatic imine (C=N–C) groups is 1. The second-order valence-electron chi connectivity index (χ2n) is 4.71. The number of rotatable bonds is 7. The van der Waals surface area contributed by atoms with Gasteiger partial charge in [-0.3, -0.25) is 0 Å². The summed E-state index contributed by atoms with van der Waals surface area (Å²) in [6.07, 6.45) is 1.67. The van der Waals surface area contributed by atoms with E-state index in [1.54, 1.807) is 6.26 Å². The molecule has 2 aromatic rings. The molecular weight excluding hydrogens is 278 g/mol. The highest BCUT2D eigenvalue weighted by molar-refractivity contribution is 5.79. The van der Waals surface area contributed by atoms with Gasteiger partial charge in [-0.15, -0.1) is 0 Å². The molecule has 0 fully saturated rings.